The average Bonchev–Trinajstić information content (AvgIpc) is 3.19. The van der Waals surface area contributed by atoms with E-state index in [9.17, 15) is 5.11 Å². The van der Waals surface area contributed by atoms with E-state index in [2.05, 4.69) is 40.7 Å². The van der Waals surface area contributed by atoms with E-state index in [1.165, 1.54) is 0 Å². The van der Waals surface area contributed by atoms with Crippen molar-refractivity contribution in [3.8, 4) is 5.69 Å². The fourth-order valence-electron chi connectivity index (χ4n) is 3.70. The summed E-state index contributed by atoms with van der Waals surface area (Å²) >= 11 is 0. The summed E-state index contributed by atoms with van der Waals surface area (Å²) in [6.45, 7) is 1.05. The van der Waals surface area contributed by atoms with Crippen LogP contribution >= 0.6 is 0 Å². The number of benzene rings is 1. The highest BCUT2D eigenvalue weighted by atomic mass is 16.3. The molecule has 11 heteroatoms. The molecule has 0 bridgehead atoms. The third-order valence-electron chi connectivity index (χ3n) is 5.50. The predicted molar refractivity (Wildman–Crippen MR) is 112 cm³/mol. The third kappa shape index (κ3) is 3.34. The van der Waals surface area contributed by atoms with Crippen molar-refractivity contribution in [1.82, 2.24) is 44.7 Å². The van der Waals surface area contributed by atoms with Gasteiger partial charge in [0.2, 0.25) is 5.95 Å². The molecule has 2 unspecified atom stereocenters. The second-order valence-electron chi connectivity index (χ2n) is 7.65. The molecule has 0 amide bonds. The van der Waals surface area contributed by atoms with E-state index in [4.69, 9.17) is 0 Å². The molecule has 4 aromatic heterocycles. The second-order valence-corrected chi connectivity index (χ2v) is 7.65. The van der Waals surface area contributed by atoms with Crippen molar-refractivity contribution in [2.24, 2.45) is 11.8 Å². The summed E-state index contributed by atoms with van der Waals surface area (Å²) in [5.74, 6) is 1.33. The Balaban J connectivity index is 1.27. The van der Waals surface area contributed by atoms with Crippen LogP contribution in [0.4, 0.5) is 11.6 Å². The first-order valence-electron chi connectivity index (χ1n) is 9.97. The Morgan fingerprint density at radius 2 is 1.94 bits per heavy atom. The van der Waals surface area contributed by atoms with E-state index < -0.39 is 0 Å². The Kier molecular flexibility index (Phi) is 4.06. The average molecular weight is 414 g/mol. The zero-order chi connectivity index (χ0) is 20.8. The third-order valence-corrected chi connectivity index (χ3v) is 5.50. The lowest BCUT2D eigenvalue weighted by atomic mass is 10.2. The molecule has 1 aliphatic rings. The van der Waals surface area contributed by atoms with Gasteiger partial charge in [0.15, 0.2) is 11.2 Å². The van der Waals surface area contributed by atoms with Gasteiger partial charge < -0.3 is 10.4 Å². The van der Waals surface area contributed by atoms with Gasteiger partial charge in [-0.1, -0.05) is 5.21 Å². The van der Waals surface area contributed by atoms with Gasteiger partial charge in [-0.3, -0.25) is 14.6 Å². The number of hydrogen-bond donors (Lipinski definition) is 2. The summed E-state index contributed by atoms with van der Waals surface area (Å²) in [7, 11) is 0. The normalized spacial score (nSPS) is 18.0. The lowest BCUT2D eigenvalue weighted by molar-refractivity contribution is 0.265. The zero-order valence-electron chi connectivity index (χ0n) is 16.4. The number of fused-ring (bicyclic) bond motifs is 2. The molecule has 4 heterocycles. The number of aliphatic hydroxyl groups excluding tert-OH is 1. The highest BCUT2D eigenvalue weighted by Crippen LogP contribution is 2.39. The van der Waals surface area contributed by atoms with Crippen LogP contribution in [-0.4, -0.2) is 56.4 Å². The van der Waals surface area contributed by atoms with Crippen molar-refractivity contribution in [1.29, 1.82) is 0 Å². The minimum absolute atomic E-state index is 0.246. The summed E-state index contributed by atoms with van der Waals surface area (Å²) < 4.78 is 3.53. The highest BCUT2D eigenvalue weighted by Gasteiger charge is 2.36. The maximum absolute atomic E-state index is 9.20. The molecule has 0 saturated heterocycles. The maximum atomic E-state index is 9.20. The van der Waals surface area contributed by atoms with Crippen molar-refractivity contribution >= 4 is 33.8 Å². The number of nitrogens with one attached hydrogen (secondary N) is 1. The monoisotopic (exact) mass is 414 g/mol. The first-order chi connectivity index (χ1) is 15.3. The highest BCUT2D eigenvalue weighted by molar-refractivity contribution is 5.78. The number of nitrogens with zero attached hydrogens (tertiary/aromatic N) is 9. The standard InChI is InChI=1S/C20H18N10O/c31-11-13-5-12(13)9-29-10-14(7-24-29)25-20-23-8-18-19(26-20)30(28-27-18)15-1-2-16-17(6-15)22-4-3-21-16/h1-4,6-8,10,12-13,31H,5,9,11H2,(H,23,25,26). The van der Waals surface area contributed by atoms with Gasteiger partial charge in [-0.2, -0.15) is 14.8 Å². The molecule has 11 nitrogen and oxygen atoms in total. The van der Waals surface area contributed by atoms with Crippen LogP contribution in [0.2, 0.25) is 0 Å². The number of aromatic nitrogens is 9. The number of anilines is 2. The van der Waals surface area contributed by atoms with E-state index in [-0.39, 0.29) is 6.61 Å². The van der Waals surface area contributed by atoms with Gasteiger partial charge in [-0.05, 0) is 36.5 Å². The lowest BCUT2D eigenvalue weighted by Gasteiger charge is -2.05. The van der Waals surface area contributed by atoms with Crippen molar-refractivity contribution in [2.45, 2.75) is 13.0 Å². The maximum Gasteiger partial charge on any atom is 0.229 e. The molecular weight excluding hydrogens is 396 g/mol. The minimum atomic E-state index is 0.246. The van der Waals surface area contributed by atoms with E-state index in [0.717, 1.165) is 35.4 Å². The van der Waals surface area contributed by atoms with Crippen molar-refractivity contribution in [2.75, 3.05) is 11.9 Å². The molecule has 0 aliphatic heterocycles. The Labute approximate surface area is 175 Å². The van der Waals surface area contributed by atoms with Crippen molar-refractivity contribution < 1.29 is 5.11 Å². The number of hydrogen-bond acceptors (Lipinski definition) is 9. The molecule has 0 spiro atoms. The van der Waals surface area contributed by atoms with Gasteiger partial charge in [0.25, 0.3) is 0 Å². The van der Waals surface area contributed by atoms with Gasteiger partial charge in [-0.15, -0.1) is 5.10 Å². The Bertz CT molecular complexity index is 1390. The van der Waals surface area contributed by atoms with Crippen LogP contribution in [0, 0.1) is 11.8 Å². The lowest BCUT2D eigenvalue weighted by Crippen LogP contribution is -2.03. The van der Waals surface area contributed by atoms with Crippen molar-refractivity contribution in [3.05, 3.63) is 49.2 Å². The second kappa shape index (κ2) is 7.06. The number of rotatable bonds is 6. The largest absolute Gasteiger partial charge is 0.396 e. The van der Waals surface area contributed by atoms with E-state index in [1.54, 1.807) is 29.5 Å². The predicted octanol–water partition coefficient (Wildman–Crippen LogP) is 1.72. The fraction of sp³-hybridized carbons (Fsp3) is 0.250. The summed E-state index contributed by atoms with van der Waals surface area (Å²) in [6.07, 6.45) is 9.66. The van der Waals surface area contributed by atoms with Gasteiger partial charge in [-0.25, -0.2) is 4.98 Å². The molecule has 1 fully saturated rings. The molecule has 154 valence electrons. The SMILES string of the molecule is OCC1CC1Cn1cc(Nc2ncc3nnn(-c4ccc5nccnc5c4)c3n2)cn1. The van der Waals surface area contributed by atoms with Gasteiger partial charge in [0.1, 0.15) is 0 Å². The molecule has 1 aliphatic carbocycles. The van der Waals surface area contributed by atoms with Gasteiger partial charge in [0, 0.05) is 31.7 Å². The Morgan fingerprint density at radius 1 is 1.03 bits per heavy atom. The summed E-state index contributed by atoms with van der Waals surface area (Å²) in [4.78, 5) is 17.6. The Morgan fingerprint density at radius 3 is 2.81 bits per heavy atom. The van der Waals surface area contributed by atoms with E-state index >= 15 is 0 Å². The molecule has 2 N–H and O–H groups in total. The molecule has 6 rings (SSSR count). The van der Waals surface area contributed by atoms with Crippen molar-refractivity contribution in [3.63, 3.8) is 0 Å². The molecule has 1 saturated carbocycles. The van der Waals surface area contributed by atoms with Gasteiger partial charge >= 0.3 is 0 Å². The summed E-state index contributed by atoms with van der Waals surface area (Å²) in [6, 6.07) is 5.69. The molecular formula is C20H18N10O. The molecule has 0 radical (unpaired) electrons. The molecule has 5 aromatic rings. The van der Waals surface area contributed by atoms with Crippen LogP contribution in [0.1, 0.15) is 6.42 Å². The van der Waals surface area contributed by atoms with Crippen LogP contribution < -0.4 is 5.32 Å². The van der Waals surface area contributed by atoms with E-state index in [0.29, 0.717) is 28.9 Å². The molecule has 1 aromatic carbocycles. The smallest absolute Gasteiger partial charge is 0.229 e. The fourth-order valence-corrected chi connectivity index (χ4v) is 3.70. The van der Waals surface area contributed by atoms with E-state index in [1.807, 2.05) is 29.1 Å². The minimum Gasteiger partial charge on any atom is -0.396 e. The van der Waals surface area contributed by atoms with Crippen LogP contribution in [0.5, 0.6) is 0 Å². The topological polar surface area (TPSA) is 132 Å². The van der Waals surface area contributed by atoms with Crippen LogP contribution in [0.15, 0.2) is 49.2 Å². The quantitative estimate of drug-likeness (QED) is 0.426. The molecule has 2 atom stereocenters. The van der Waals surface area contributed by atoms with Crippen LogP contribution in [0.3, 0.4) is 0 Å². The zero-order valence-corrected chi connectivity index (χ0v) is 16.4. The first kappa shape index (κ1) is 17.8. The van der Waals surface area contributed by atoms with Gasteiger partial charge in [0.05, 0.1) is 34.8 Å². The Hall–Kier alpha value is -3.99. The molecule has 31 heavy (non-hydrogen) atoms. The first-order valence-corrected chi connectivity index (χ1v) is 9.97. The van der Waals surface area contributed by atoms with Crippen LogP contribution in [0.25, 0.3) is 27.9 Å². The number of aliphatic hydroxyl groups is 1. The summed E-state index contributed by atoms with van der Waals surface area (Å²) in [5.41, 5.74) is 4.32. The van der Waals surface area contributed by atoms with Crippen LogP contribution in [-0.2, 0) is 6.54 Å². The summed E-state index contributed by atoms with van der Waals surface area (Å²) in [5, 5.41) is 25.2.